The predicted octanol–water partition coefficient (Wildman–Crippen LogP) is 8.37. The molecular weight excluding hydrogens is 587 g/mol. The van der Waals surface area contributed by atoms with E-state index in [0.29, 0.717) is 27.1 Å². The van der Waals surface area contributed by atoms with Gasteiger partial charge in [-0.1, -0.05) is 58.3 Å². The van der Waals surface area contributed by atoms with Crippen LogP contribution in [0.3, 0.4) is 0 Å². The number of rotatable bonds is 18. The summed E-state index contributed by atoms with van der Waals surface area (Å²) in [6.07, 6.45) is -7.69. The first-order valence-electron chi connectivity index (χ1n) is 12.1. The van der Waals surface area contributed by atoms with Gasteiger partial charge in [0.15, 0.2) is 5.41 Å². The van der Waals surface area contributed by atoms with Crippen molar-refractivity contribution in [1.82, 2.24) is 0 Å². The lowest BCUT2D eigenvalue weighted by atomic mass is 9.76. The molecular formula is C23H31F13O4. The van der Waals surface area contributed by atoms with Crippen LogP contribution in [0, 0.1) is 5.41 Å². The topological polar surface area (TPSA) is 52.6 Å². The Bertz CT molecular complexity index is 810. The molecule has 0 aliphatic rings. The molecule has 0 atom stereocenters. The van der Waals surface area contributed by atoms with Gasteiger partial charge >= 0.3 is 47.7 Å². The third-order valence-electron chi connectivity index (χ3n) is 6.47. The number of hydrogen-bond acceptors (Lipinski definition) is 4. The molecule has 0 unspecified atom stereocenters. The highest BCUT2D eigenvalue weighted by atomic mass is 19.4. The summed E-state index contributed by atoms with van der Waals surface area (Å²) in [5.41, 5.74) is -2.83. The highest BCUT2D eigenvalue weighted by Gasteiger charge is 2.90. The smallest absolute Gasteiger partial charge is 0.460 e. The van der Waals surface area contributed by atoms with Crippen molar-refractivity contribution in [2.24, 2.45) is 5.41 Å². The number of halogens is 13. The molecule has 0 aromatic carbocycles. The molecule has 0 amide bonds. The lowest BCUT2D eigenvalue weighted by Gasteiger charge is -2.40. The fourth-order valence-corrected chi connectivity index (χ4v) is 3.90. The van der Waals surface area contributed by atoms with E-state index < -0.39 is 72.4 Å². The second-order valence-corrected chi connectivity index (χ2v) is 9.29. The number of carbonyl (C=O) groups excluding carboxylic acids is 2. The summed E-state index contributed by atoms with van der Waals surface area (Å²) in [6.45, 7) is 1.98. The molecule has 0 heterocycles. The van der Waals surface area contributed by atoms with Gasteiger partial charge in [-0.15, -0.1) is 0 Å². The van der Waals surface area contributed by atoms with Crippen molar-refractivity contribution in [3.63, 3.8) is 0 Å². The third-order valence-corrected chi connectivity index (χ3v) is 6.47. The molecule has 0 spiro atoms. The predicted molar refractivity (Wildman–Crippen MR) is 114 cm³/mol. The average Bonchev–Trinajstić information content (AvgIpc) is 2.85. The van der Waals surface area contributed by atoms with Crippen molar-refractivity contribution in [1.29, 1.82) is 0 Å². The molecule has 0 rings (SSSR count). The van der Waals surface area contributed by atoms with Gasteiger partial charge in [0, 0.05) is 6.42 Å². The van der Waals surface area contributed by atoms with Gasteiger partial charge in [-0.2, -0.15) is 57.1 Å². The average molecular weight is 618 g/mol. The second kappa shape index (κ2) is 13.8. The molecule has 0 aromatic heterocycles. The molecule has 0 radical (unpaired) electrons. The van der Waals surface area contributed by atoms with Crippen LogP contribution in [-0.4, -0.2) is 61.9 Å². The number of unbranched alkanes of at least 4 members (excludes halogenated alkanes) is 7. The van der Waals surface area contributed by atoms with E-state index in [9.17, 15) is 66.7 Å². The standard InChI is InChI=1S/C23H31F13O4/c1-4-5-6-7-8-9-10-11-12-17(15(37)39-2,16(38)40-3)13-14-18(24,25)19(26,27)20(28,29)21(30,31)22(32,33)23(34,35)36/h4-14H2,1-3H3. The van der Waals surface area contributed by atoms with E-state index in [1.165, 1.54) is 0 Å². The van der Waals surface area contributed by atoms with E-state index in [0.717, 1.165) is 25.7 Å². The largest absolute Gasteiger partial charge is 0.468 e. The van der Waals surface area contributed by atoms with Crippen molar-refractivity contribution >= 4 is 11.9 Å². The molecule has 17 heteroatoms. The number of hydrogen-bond donors (Lipinski definition) is 0. The van der Waals surface area contributed by atoms with Gasteiger partial charge in [-0.05, 0) is 12.8 Å². The summed E-state index contributed by atoms with van der Waals surface area (Å²) >= 11 is 0. The molecule has 0 fully saturated rings. The molecule has 0 aromatic rings. The van der Waals surface area contributed by atoms with E-state index in [2.05, 4.69) is 9.47 Å². The number of esters is 2. The minimum atomic E-state index is -8.04. The van der Waals surface area contributed by atoms with E-state index in [4.69, 9.17) is 0 Å². The van der Waals surface area contributed by atoms with Crippen LogP contribution in [-0.2, 0) is 19.1 Å². The maximum absolute atomic E-state index is 14.4. The fraction of sp³-hybridized carbons (Fsp3) is 0.913. The van der Waals surface area contributed by atoms with Crippen molar-refractivity contribution < 1.29 is 76.1 Å². The van der Waals surface area contributed by atoms with Crippen LogP contribution in [0.2, 0.25) is 0 Å². The van der Waals surface area contributed by atoms with Crippen LogP contribution in [0.5, 0.6) is 0 Å². The SMILES string of the molecule is CCCCCCCCCCC(CCC(F)(F)C(F)(F)C(F)(F)C(F)(F)C(F)(F)C(F)(F)F)(C(=O)OC)C(=O)OC. The Kier molecular flexibility index (Phi) is 13.1. The first kappa shape index (κ1) is 38.0. The van der Waals surface area contributed by atoms with Gasteiger partial charge in [0.1, 0.15) is 0 Å². The van der Waals surface area contributed by atoms with Crippen LogP contribution in [0.4, 0.5) is 57.1 Å². The van der Waals surface area contributed by atoms with Gasteiger partial charge in [-0.3, -0.25) is 9.59 Å². The first-order chi connectivity index (χ1) is 18.0. The quantitative estimate of drug-likeness (QED) is 0.0671. The molecule has 238 valence electrons. The zero-order valence-electron chi connectivity index (χ0n) is 21.8. The number of alkyl halides is 13. The van der Waals surface area contributed by atoms with Crippen molar-refractivity contribution in [3.8, 4) is 0 Å². The normalized spacial score (nSPS) is 14.3. The van der Waals surface area contributed by atoms with Gasteiger partial charge in [0.25, 0.3) is 0 Å². The molecule has 40 heavy (non-hydrogen) atoms. The van der Waals surface area contributed by atoms with Crippen LogP contribution in [0.15, 0.2) is 0 Å². The number of methoxy groups -OCH3 is 2. The van der Waals surface area contributed by atoms with Gasteiger partial charge in [-0.25, -0.2) is 0 Å². The zero-order chi connectivity index (χ0) is 31.8. The van der Waals surface area contributed by atoms with Gasteiger partial charge < -0.3 is 9.47 Å². The van der Waals surface area contributed by atoms with Crippen molar-refractivity contribution in [2.75, 3.05) is 14.2 Å². The minimum Gasteiger partial charge on any atom is -0.468 e. The van der Waals surface area contributed by atoms with Crippen LogP contribution in [0.25, 0.3) is 0 Å². The van der Waals surface area contributed by atoms with Crippen LogP contribution >= 0.6 is 0 Å². The highest BCUT2D eigenvalue weighted by Crippen LogP contribution is 2.61. The van der Waals surface area contributed by atoms with Gasteiger partial charge in [0.2, 0.25) is 0 Å². The molecule has 4 nitrogen and oxygen atoms in total. The van der Waals surface area contributed by atoms with Crippen molar-refractivity contribution in [2.45, 2.75) is 113 Å². The molecule has 0 aliphatic heterocycles. The van der Waals surface area contributed by atoms with Gasteiger partial charge in [0.05, 0.1) is 14.2 Å². The van der Waals surface area contributed by atoms with Crippen LogP contribution < -0.4 is 0 Å². The fourth-order valence-electron chi connectivity index (χ4n) is 3.90. The van der Waals surface area contributed by atoms with E-state index in [-0.39, 0.29) is 12.8 Å². The Morgan fingerprint density at radius 3 is 1.25 bits per heavy atom. The van der Waals surface area contributed by atoms with Crippen LogP contribution in [0.1, 0.15) is 77.6 Å². The zero-order valence-corrected chi connectivity index (χ0v) is 21.8. The summed E-state index contributed by atoms with van der Waals surface area (Å²) in [5, 5.41) is 0. The maximum Gasteiger partial charge on any atom is 0.460 e. The maximum atomic E-state index is 14.4. The van der Waals surface area contributed by atoms with E-state index >= 15 is 0 Å². The minimum absolute atomic E-state index is 0.105. The number of carbonyl (C=O) groups is 2. The van der Waals surface area contributed by atoms with Crippen molar-refractivity contribution in [3.05, 3.63) is 0 Å². The molecule has 0 saturated carbocycles. The molecule has 0 bridgehead atoms. The Hall–Kier alpha value is -1.97. The Balaban J connectivity index is 6.10. The second-order valence-electron chi connectivity index (χ2n) is 9.29. The highest BCUT2D eigenvalue weighted by molar-refractivity contribution is 6.00. The summed E-state index contributed by atoms with van der Waals surface area (Å²) in [6, 6.07) is 0. The van der Waals surface area contributed by atoms with E-state index in [1.807, 2.05) is 6.92 Å². The summed E-state index contributed by atoms with van der Waals surface area (Å²) in [5.74, 6) is -41.1. The Labute approximate surface area is 221 Å². The molecule has 0 aliphatic carbocycles. The lowest BCUT2D eigenvalue weighted by molar-refractivity contribution is -0.440. The molecule has 0 saturated heterocycles. The summed E-state index contributed by atoms with van der Waals surface area (Å²) in [4.78, 5) is 24.8. The number of ether oxygens (including phenoxy) is 2. The third kappa shape index (κ3) is 7.45. The Morgan fingerprint density at radius 2 is 0.875 bits per heavy atom. The molecule has 0 N–H and O–H groups in total. The first-order valence-corrected chi connectivity index (χ1v) is 12.1. The lowest BCUT2D eigenvalue weighted by Crippen LogP contribution is -2.70. The summed E-state index contributed by atoms with van der Waals surface area (Å²) in [7, 11) is 1.29. The Morgan fingerprint density at radius 1 is 0.500 bits per heavy atom. The van der Waals surface area contributed by atoms with E-state index in [1.54, 1.807) is 0 Å². The summed E-state index contributed by atoms with van der Waals surface area (Å²) < 4.78 is 183. The monoisotopic (exact) mass is 618 g/mol.